The van der Waals surface area contributed by atoms with E-state index in [0.717, 1.165) is 31.0 Å². The minimum Gasteiger partial charge on any atom is -0.387 e. The zero-order valence-electron chi connectivity index (χ0n) is 19.3. The van der Waals surface area contributed by atoms with Crippen molar-refractivity contribution >= 4 is 16.9 Å². The van der Waals surface area contributed by atoms with Crippen LogP contribution in [0.4, 0.5) is 15.8 Å². The fourth-order valence-corrected chi connectivity index (χ4v) is 5.89. The lowest BCUT2D eigenvalue weighted by Gasteiger charge is -2.43. The summed E-state index contributed by atoms with van der Waals surface area (Å²) in [7, 11) is 0. The van der Waals surface area contributed by atoms with E-state index in [0.29, 0.717) is 24.3 Å². The molecule has 2 aromatic heterocycles. The Morgan fingerprint density at radius 3 is 2.76 bits per heavy atom. The maximum atomic E-state index is 14.7. The number of piperazine rings is 1. The zero-order valence-corrected chi connectivity index (χ0v) is 19.3. The number of nitrogens with zero attached hydrogens (tertiary/aromatic N) is 6. The number of hydrogen-bond donors (Lipinski definition) is 2. The summed E-state index contributed by atoms with van der Waals surface area (Å²) in [5, 5.41) is 24.0. The van der Waals surface area contributed by atoms with E-state index in [1.807, 2.05) is 6.07 Å². The Hall–Kier alpha value is -3.19. The van der Waals surface area contributed by atoms with Crippen LogP contribution in [0.5, 0.6) is 0 Å². The second kappa shape index (κ2) is 7.40. The van der Waals surface area contributed by atoms with Crippen LogP contribution in [-0.2, 0) is 6.54 Å². The molecule has 0 amide bonds. The van der Waals surface area contributed by atoms with Gasteiger partial charge in [-0.2, -0.15) is 10.4 Å². The van der Waals surface area contributed by atoms with E-state index in [-0.39, 0.29) is 18.1 Å². The summed E-state index contributed by atoms with van der Waals surface area (Å²) in [6.45, 7) is 7.51. The maximum absolute atomic E-state index is 14.7. The topological polar surface area (TPSA) is 97.1 Å². The van der Waals surface area contributed by atoms with Crippen molar-refractivity contribution in [2.45, 2.75) is 44.1 Å². The molecule has 2 fully saturated rings. The summed E-state index contributed by atoms with van der Waals surface area (Å²) in [4.78, 5) is 6.88. The first kappa shape index (κ1) is 21.4. The lowest BCUT2D eigenvalue weighted by molar-refractivity contribution is 0.0674. The maximum Gasteiger partial charge on any atom is 0.171 e. The van der Waals surface area contributed by atoms with E-state index in [9.17, 15) is 14.8 Å². The van der Waals surface area contributed by atoms with Crippen LogP contribution in [0.3, 0.4) is 0 Å². The third kappa shape index (κ3) is 3.10. The average Bonchev–Trinajstić information content (AvgIpc) is 3.46. The van der Waals surface area contributed by atoms with Crippen LogP contribution >= 0.6 is 0 Å². The Morgan fingerprint density at radius 1 is 1.21 bits per heavy atom. The molecular formula is C25H28FN7O. The number of anilines is 2. The van der Waals surface area contributed by atoms with Gasteiger partial charge in [0.25, 0.3) is 0 Å². The van der Waals surface area contributed by atoms with Crippen LogP contribution in [0.15, 0.2) is 36.5 Å². The quantitative estimate of drug-likeness (QED) is 0.603. The van der Waals surface area contributed by atoms with Gasteiger partial charge in [0.05, 0.1) is 29.6 Å². The molecule has 34 heavy (non-hydrogen) atoms. The predicted octanol–water partition coefficient (Wildman–Crippen LogP) is 2.01. The van der Waals surface area contributed by atoms with Crippen molar-refractivity contribution in [2.75, 3.05) is 36.0 Å². The van der Waals surface area contributed by atoms with Gasteiger partial charge >= 0.3 is 0 Å². The number of fused-ring (bicyclic) bond motifs is 4. The SMILES string of the molecule is CC1CN(c2ccc(C#N)n3ncc(F)c23)CC2c3ccc(N4C[C@H](N)[C@@](C)(O)C4)cc3CN12. The van der Waals surface area contributed by atoms with Gasteiger partial charge in [-0.1, -0.05) is 6.07 Å². The monoisotopic (exact) mass is 461 g/mol. The molecule has 6 rings (SSSR count). The number of nitriles is 1. The van der Waals surface area contributed by atoms with E-state index in [1.54, 1.807) is 13.0 Å². The predicted molar refractivity (Wildman–Crippen MR) is 127 cm³/mol. The minimum atomic E-state index is -0.888. The first-order chi connectivity index (χ1) is 16.3. The standard InChI is InChI=1S/C25H28FN7O/c1-15-10-30(21-6-4-18(8-27)33-24(21)20(26)9-29-33)12-22-19-5-3-17(7-16(19)11-32(15)22)31-13-23(28)25(2,34)14-31/h3-7,9,15,22-23,34H,10-14,28H2,1-2H3/t15?,22?,23-,25-/m0/s1. The Bertz CT molecular complexity index is 1330. The Kier molecular flexibility index (Phi) is 4.65. The number of halogens is 1. The molecule has 8 nitrogen and oxygen atoms in total. The van der Waals surface area contributed by atoms with E-state index in [4.69, 9.17) is 5.73 Å². The molecule has 0 saturated carbocycles. The number of β-amino-alcohol motifs (C(OH)–C–C–N with tert-alkyl or cyclic N) is 1. The summed E-state index contributed by atoms with van der Waals surface area (Å²) in [6.07, 6.45) is 1.17. The van der Waals surface area contributed by atoms with Gasteiger partial charge in [0.2, 0.25) is 0 Å². The summed E-state index contributed by atoms with van der Waals surface area (Å²) >= 11 is 0. The third-order valence-electron chi connectivity index (χ3n) is 7.82. The number of hydrogen-bond acceptors (Lipinski definition) is 7. The molecule has 3 N–H and O–H groups in total. The smallest absolute Gasteiger partial charge is 0.171 e. The van der Waals surface area contributed by atoms with Crippen LogP contribution in [-0.4, -0.2) is 63.5 Å². The van der Waals surface area contributed by atoms with E-state index >= 15 is 0 Å². The first-order valence-electron chi connectivity index (χ1n) is 11.7. The zero-order chi connectivity index (χ0) is 23.8. The molecule has 5 heterocycles. The molecule has 3 aliphatic rings. The van der Waals surface area contributed by atoms with Crippen molar-refractivity contribution in [1.29, 1.82) is 5.26 Å². The number of pyridine rings is 1. The van der Waals surface area contributed by atoms with Gasteiger partial charge in [0.1, 0.15) is 17.3 Å². The third-order valence-corrected chi connectivity index (χ3v) is 7.82. The summed E-state index contributed by atoms with van der Waals surface area (Å²) < 4.78 is 16.1. The molecule has 2 saturated heterocycles. The molecule has 3 aliphatic heterocycles. The van der Waals surface area contributed by atoms with Crippen LogP contribution in [0, 0.1) is 17.1 Å². The summed E-state index contributed by atoms with van der Waals surface area (Å²) in [6, 6.07) is 12.4. The first-order valence-corrected chi connectivity index (χ1v) is 11.7. The Balaban J connectivity index is 1.32. The van der Waals surface area contributed by atoms with Crippen LogP contribution < -0.4 is 15.5 Å². The molecule has 0 bridgehead atoms. The van der Waals surface area contributed by atoms with Crippen molar-refractivity contribution in [3.8, 4) is 6.07 Å². The molecule has 1 aromatic carbocycles. The minimum absolute atomic E-state index is 0.193. The van der Waals surface area contributed by atoms with Crippen molar-refractivity contribution in [3.63, 3.8) is 0 Å². The van der Waals surface area contributed by atoms with Crippen LogP contribution in [0.2, 0.25) is 0 Å². The van der Waals surface area contributed by atoms with Crippen molar-refractivity contribution < 1.29 is 9.50 Å². The Labute approximate surface area is 197 Å². The van der Waals surface area contributed by atoms with Crippen LogP contribution in [0.25, 0.3) is 5.52 Å². The van der Waals surface area contributed by atoms with Crippen molar-refractivity contribution in [1.82, 2.24) is 14.5 Å². The summed E-state index contributed by atoms with van der Waals surface area (Å²) in [5.41, 5.74) is 10.3. The highest BCUT2D eigenvalue weighted by molar-refractivity contribution is 5.75. The van der Waals surface area contributed by atoms with E-state index in [1.165, 1.54) is 21.8 Å². The highest BCUT2D eigenvalue weighted by Gasteiger charge is 2.42. The lowest BCUT2D eigenvalue weighted by atomic mass is 10.0. The van der Waals surface area contributed by atoms with Gasteiger partial charge in [-0.25, -0.2) is 8.91 Å². The van der Waals surface area contributed by atoms with Crippen LogP contribution in [0.1, 0.15) is 36.7 Å². The fraction of sp³-hybridized carbons (Fsp3) is 0.440. The van der Waals surface area contributed by atoms with Gasteiger partial charge in [0, 0.05) is 44.5 Å². The molecule has 176 valence electrons. The van der Waals surface area contributed by atoms with Gasteiger partial charge in [0.15, 0.2) is 5.82 Å². The number of benzene rings is 1. The molecule has 0 aliphatic carbocycles. The number of aromatic nitrogens is 2. The second-order valence-electron chi connectivity index (χ2n) is 10.1. The van der Waals surface area contributed by atoms with Gasteiger partial charge in [-0.3, -0.25) is 4.90 Å². The van der Waals surface area contributed by atoms with Crippen molar-refractivity contribution in [3.05, 3.63) is 59.2 Å². The molecule has 3 aromatic rings. The molecule has 9 heteroatoms. The van der Waals surface area contributed by atoms with Gasteiger partial charge in [-0.15, -0.1) is 0 Å². The second-order valence-corrected chi connectivity index (χ2v) is 10.1. The van der Waals surface area contributed by atoms with E-state index in [2.05, 4.69) is 51.0 Å². The van der Waals surface area contributed by atoms with Gasteiger partial charge in [-0.05, 0) is 49.2 Å². The molecular weight excluding hydrogens is 433 g/mol. The highest BCUT2D eigenvalue weighted by atomic mass is 19.1. The van der Waals surface area contributed by atoms with Crippen molar-refractivity contribution in [2.24, 2.45) is 5.73 Å². The Morgan fingerprint density at radius 2 is 2.03 bits per heavy atom. The molecule has 0 radical (unpaired) electrons. The molecule has 2 unspecified atom stereocenters. The normalized spacial score (nSPS) is 28.9. The largest absolute Gasteiger partial charge is 0.387 e. The van der Waals surface area contributed by atoms with E-state index < -0.39 is 11.4 Å². The highest BCUT2D eigenvalue weighted by Crippen LogP contribution is 2.42. The fourth-order valence-electron chi connectivity index (χ4n) is 5.89. The summed E-state index contributed by atoms with van der Waals surface area (Å²) in [5.74, 6) is -0.418. The molecule has 4 atom stereocenters. The van der Waals surface area contributed by atoms with Gasteiger partial charge < -0.3 is 20.6 Å². The average molecular weight is 462 g/mol. The molecule has 0 spiro atoms. The lowest BCUT2D eigenvalue weighted by Crippen LogP contribution is -2.51. The number of aliphatic hydroxyl groups is 1. The number of nitrogens with two attached hydrogens (primary N) is 1. The number of rotatable bonds is 2.